The zero-order chi connectivity index (χ0) is 29.2. The third-order valence-corrected chi connectivity index (χ3v) is 10.2. The fourth-order valence-corrected chi connectivity index (χ4v) is 8.54. The van der Waals surface area contributed by atoms with Gasteiger partial charge in [0.1, 0.15) is 11.9 Å². The molecule has 2 aliphatic heterocycles. The topological polar surface area (TPSA) is 79.3 Å². The van der Waals surface area contributed by atoms with Gasteiger partial charge in [0.05, 0.1) is 6.04 Å². The summed E-state index contributed by atoms with van der Waals surface area (Å²) in [5.74, 6) is 7.80. The number of benzene rings is 2. The van der Waals surface area contributed by atoms with Crippen molar-refractivity contribution in [1.82, 2.24) is 9.80 Å². The molecule has 2 aromatic carbocycles. The van der Waals surface area contributed by atoms with Crippen molar-refractivity contribution in [3.8, 4) is 29.1 Å². The average molecular weight is 569 g/mol. The van der Waals surface area contributed by atoms with E-state index in [2.05, 4.69) is 30.6 Å². The predicted molar refractivity (Wildman–Crippen MR) is 158 cm³/mol. The Bertz CT molecular complexity index is 1470. The summed E-state index contributed by atoms with van der Waals surface area (Å²) in [6, 6.07) is 11.3. The predicted octanol–water partition coefficient (Wildman–Crippen LogP) is 4.67. The number of ether oxygens (including phenoxy) is 2. The van der Waals surface area contributed by atoms with Crippen LogP contribution in [0.15, 0.2) is 36.4 Å². The molecule has 1 spiro atoms. The summed E-state index contributed by atoms with van der Waals surface area (Å²) in [7, 11) is 0. The number of hydrogen-bond acceptors (Lipinski definition) is 6. The van der Waals surface area contributed by atoms with Crippen LogP contribution in [0.25, 0.3) is 0 Å². The first-order valence-electron chi connectivity index (χ1n) is 15.6. The molecule has 0 aromatic heterocycles. The van der Waals surface area contributed by atoms with Gasteiger partial charge in [0.15, 0.2) is 11.5 Å². The maximum Gasteiger partial charge on any atom is 0.308 e. The van der Waals surface area contributed by atoms with Crippen molar-refractivity contribution in [2.45, 2.75) is 82.9 Å². The number of hydrogen-bond donors (Lipinski definition) is 1. The van der Waals surface area contributed by atoms with Gasteiger partial charge in [-0.05, 0) is 75.0 Å². The molecule has 7 heteroatoms. The molecule has 1 N–H and O–H groups in total. The second-order valence-electron chi connectivity index (χ2n) is 13.4. The number of piperidine rings is 1. The van der Waals surface area contributed by atoms with E-state index in [4.69, 9.17) is 9.47 Å². The normalized spacial score (nSPS) is 28.8. The van der Waals surface area contributed by atoms with E-state index in [9.17, 15) is 14.7 Å². The first-order valence-corrected chi connectivity index (χ1v) is 15.6. The average Bonchev–Trinajstić information content (AvgIpc) is 3.71. The van der Waals surface area contributed by atoms with Crippen LogP contribution >= 0.6 is 0 Å². The molecular formula is C35H40N2O5. The summed E-state index contributed by atoms with van der Waals surface area (Å²) in [4.78, 5) is 30.6. The third kappa shape index (κ3) is 4.46. The van der Waals surface area contributed by atoms with Crippen molar-refractivity contribution in [2.75, 3.05) is 19.6 Å². The van der Waals surface area contributed by atoms with E-state index in [0.29, 0.717) is 24.3 Å². The number of nitrogens with zero attached hydrogens (tertiary/aromatic N) is 2. The van der Waals surface area contributed by atoms with Crippen LogP contribution in [-0.4, -0.2) is 64.6 Å². The molecule has 2 saturated carbocycles. The molecule has 3 aliphatic carbocycles. The molecule has 7 nitrogen and oxygen atoms in total. The summed E-state index contributed by atoms with van der Waals surface area (Å²) in [5.41, 5.74) is 2.41. The van der Waals surface area contributed by atoms with Crippen LogP contribution < -0.4 is 9.47 Å². The number of phenols is 1. The Kier molecular flexibility index (Phi) is 6.73. The fraction of sp³-hybridized carbons (Fsp3) is 0.543. The lowest BCUT2D eigenvalue weighted by atomic mass is 9.50. The fourth-order valence-electron chi connectivity index (χ4n) is 8.54. The first kappa shape index (κ1) is 27.3. The van der Waals surface area contributed by atoms with E-state index in [1.54, 1.807) is 6.07 Å². The van der Waals surface area contributed by atoms with Crippen LogP contribution in [0, 0.1) is 29.6 Å². The van der Waals surface area contributed by atoms with Gasteiger partial charge in [-0.3, -0.25) is 14.5 Å². The molecule has 2 aromatic rings. The van der Waals surface area contributed by atoms with Crippen molar-refractivity contribution < 1.29 is 24.2 Å². The van der Waals surface area contributed by atoms with Gasteiger partial charge in [-0.2, -0.15) is 0 Å². The highest BCUT2D eigenvalue weighted by atomic mass is 16.6. The number of carbonyl (C=O) groups excluding carboxylic acids is 2. The van der Waals surface area contributed by atoms with Crippen molar-refractivity contribution in [3.63, 3.8) is 0 Å². The molecule has 3 fully saturated rings. The molecular weight excluding hydrogens is 528 g/mol. The zero-order valence-corrected chi connectivity index (χ0v) is 24.8. The Morgan fingerprint density at radius 1 is 1.19 bits per heavy atom. The highest BCUT2D eigenvalue weighted by molar-refractivity contribution is 5.94. The third-order valence-electron chi connectivity index (χ3n) is 10.2. The SMILES string of the molecule is CC(=O)Oc1cc(O)c2c3c1O[C@H]1[C@H](N(CC(C)C)C(=O)C#Cc4ccccc4)CC[C@H]4[C@@H](C2)N(CC2CC2)CC[C@@]341. The summed E-state index contributed by atoms with van der Waals surface area (Å²) < 4.78 is 12.6. The van der Waals surface area contributed by atoms with Crippen LogP contribution in [-0.2, 0) is 21.4 Å². The van der Waals surface area contributed by atoms with Crippen LogP contribution in [0.3, 0.4) is 0 Å². The number of phenolic OH excluding ortho intramolecular Hbond substituents is 1. The van der Waals surface area contributed by atoms with E-state index >= 15 is 0 Å². The van der Waals surface area contributed by atoms with E-state index < -0.39 is 5.97 Å². The number of rotatable bonds is 6. The molecule has 5 atom stereocenters. The van der Waals surface area contributed by atoms with Crippen LogP contribution in [0.4, 0.5) is 0 Å². The largest absolute Gasteiger partial charge is 0.508 e. The number of amides is 1. The minimum atomic E-state index is -0.449. The van der Waals surface area contributed by atoms with Gasteiger partial charge in [-0.1, -0.05) is 38.0 Å². The molecule has 2 bridgehead atoms. The van der Waals surface area contributed by atoms with Crippen molar-refractivity contribution >= 4 is 11.9 Å². The van der Waals surface area contributed by atoms with E-state index in [-0.39, 0.29) is 40.9 Å². The minimum absolute atomic E-state index is 0.177. The summed E-state index contributed by atoms with van der Waals surface area (Å²) in [6.45, 7) is 8.29. The van der Waals surface area contributed by atoms with Crippen molar-refractivity contribution in [1.29, 1.82) is 0 Å². The van der Waals surface area contributed by atoms with Gasteiger partial charge in [0, 0.05) is 60.1 Å². The Labute approximate surface area is 248 Å². The van der Waals surface area contributed by atoms with Gasteiger partial charge in [0.25, 0.3) is 5.91 Å². The Morgan fingerprint density at radius 3 is 2.69 bits per heavy atom. The standard InChI is InChI=1S/C35H40N2O5/c1-21(2)19-37(31(40)14-11-23-7-5-4-6-8-23)27-13-12-26-28-17-25-29(39)18-30(41-22(3)38)33-32(25)35(26,34(27)42-33)15-16-36(28)20-24-9-10-24/h4-8,18,21,24,26-28,34,39H,9-10,12-13,15-17,19-20H2,1-3H3/t26-,27+,28+,34-,35-/m0/s1. The van der Waals surface area contributed by atoms with Gasteiger partial charge in [-0.25, -0.2) is 0 Å². The maximum atomic E-state index is 13.9. The lowest BCUT2D eigenvalue weighted by molar-refractivity contribution is -0.137. The van der Waals surface area contributed by atoms with Crippen LogP contribution in [0.2, 0.25) is 0 Å². The lowest BCUT2D eigenvalue weighted by Crippen LogP contribution is -2.69. The molecule has 7 rings (SSSR count). The van der Waals surface area contributed by atoms with E-state index in [0.717, 1.165) is 61.4 Å². The highest BCUT2D eigenvalue weighted by Gasteiger charge is 2.67. The summed E-state index contributed by atoms with van der Waals surface area (Å²) >= 11 is 0. The van der Waals surface area contributed by atoms with Crippen LogP contribution in [0.1, 0.15) is 69.6 Å². The molecule has 5 aliphatic rings. The smallest absolute Gasteiger partial charge is 0.308 e. The van der Waals surface area contributed by atoms with E-state index in [1.807, 2.05) is 35.2 Å². The molecule has 1 amide bonds. The van der Waals surface area contributed by atoms with Gasteiger partial charge in [-0.15, -0.1) is 0 Å². The summed E-state index contributed by atoms with van der Waals surface area (Å²) in [5, 5.41) is 11.3. The molecule has 220 valence electrons. The molecule has 2 heterocycles. The van der Waals surface area contributed by atoms with Crippen molar-refractivity contribution in [3.05, 3.63) is 53.1 Å². The van der Waals surface area contributed by atoms with Crippen LogP contribution in [0.5, 0.6) is 17.2 Å². The van der Waals surface area contributed by atoms with Gasteiger partial charge < -0.3 is 19.5 Å². The first-order chi connectivity index (χ1) is 20.3. The highest BCUT2D eigenvalue weighted by Crippen LogP contribution is 2.66. The second kappa shape index (κ2) is 10.3. The Morgan fingerprint density at radius 2 is 1.98 bits per heavy atom. The zero-order valence-electron chi connectivity index (χ0n) is 24.8. The quantitative estimate of drug-likeness (QED) is 0.310. The molecule has 0 radical (unpaired) electrons. The molecule has 1 saturated heterocycles. The number of likely N-dealkylation sites (tertiary alicyclic amines) is 1. The number of esters is 1. The van der Waals surface area contributed by atoms with Crippen molar-refractivity contribution in [2.24, 2.45) is 17.8 Å². The summed E-state index contributed by atoms with van der Waals surface area (Å²) in [6.07, 6.45) is 5.78. The van der Waals surface area contributed by atoms with Gasteiger partial charge >= 0.3 is 5.97 Å². The Hall–Kier alpha value is -3.50. The Balaban J connectivity index is 1.31. The monoisotopic (exact) mass is 568 g/mol. The lowest BCUT2D eigenvalue weighted by Gasteiger charge is -2.60. The number of aromatic hydroxyl groups is 1. The second-order valence-corrected chi connectivity index (χ2v) is 13.4. The minimum Gasteiger partial charge on any atom is -0.508 e. The van der Waals surface area contributed by atoms with Gasteiger partial charge in [0.2, 0.25) is 0 Å². The molecule has 42 heavy (non-hydrogen) atoms. The van der Waals surface area contributed by atoms with E-state index in [1.165, 1.54) is 19.8 Å². The molecule has 0 unspecified atom stereocenters. The maximum absolute atomic E-state index is 13.9. The number of carbonyl (C=O) groups is 2.